The van der Waals surface area contributed by atoms with Crippen LogP contribution in [-0.2, 0) is 20.8 Å². The van der Waals surface area contributed by atoms with Gasteiger partial charge in [0, 0.05) is 36.4 Å². The molecule has 0 spiro atoms. The van der Waals surface area contributed by atoms with E-state index in [0.717, 1.165) is 6.08 Å². The van der Waals surface area contributed by atoms with E-state index in [9.17, 15) is 23.6 Å². The van der Waals surface area contributed by atoms with Gasteiger partial charge in [0.2, 0.25) is 17.7 Å². The Morgan fingerprint density at radius 3 is 2.29 bits per heavy atom. The van der Waals surface area contributed by atoms with Gasteiger partial charge in [0.1, 0.15) is 12.4 Å². The van der Waals surface area contributed by atoms with Crippen molar-refractivity contribution in [3.8, 4) is 5.69 Å². The second kappa shape index (κ2) is 13.3. The predicted octanol–water partition coefficient (Wildman–Crippen LogP) is 3.49. The van der Waals surface area contributed by atoms with E-state index in [-0.39, 0.29) is 34.2 Å². The molecule has 0 saturated heterocycles. The minimum Gasteiger partial charge on any atom is -0.478 e. The van der Waals surface area contributed by atoms with Crippen molar-refractivity contribution in [2.75, 3.05) is 10.6 Å². The van der Waals surface area contributed by atoms with Crippen molar-refractivity contribution in [1.29, 1.82) is 0 Å². The molecule has 0 aliphatic carbocycles. The van der Waals surface area contributed by atoms with Crippen molar-refractivity contribution in [1.82, 2.24) is 25.5 Å². The highest BCUT2D eigenvalue weighted by Crippen LogP contribution is 2.25. The zero-order valence-corrected chi connectivity index (χ0v) is 22.7. The summed E-state index contributed by atoms with van der Waals surface area (Å²) in [5, 5.41) is 27.7. The highest BCUT2D eigenvalue weighted by Gasteiger charge is 2.22. The van der Waals surface area contributed by atoms with Crippen LogP contribution in [-0.4, -0.2) is 55.0 Å². The van der Waals surface area contributed by atoms with Crippen molar-refractivity contribution in [2.45, 2.75) is 19.4 Å². The number of hydrogen-bond donors (Lipinski definition) is 4. The van der Waals surface area contributed by atoms with E-state index >= 15 is 0 Å². The second-order valence-electron chi connectivity index (χ2n) is 8.90. The van der Waals surface area contributed by atoms with Gasteiger partial charge >= 0.3 is 5.97 Å². The lowest BCUT2D eigenvalue weighted by Gasteiger charge is -2.18. The molecule has 1 aromatic heterocycles. The Kier molecular flexibility index (Phi) is 9.35. The number of carboxylic acid groups (broad SMARTS) is 1. The zero-order chi connectivity index (χ0) is 30.2. The predicted molar refractivity (Wildman–Crippen MR) is 152 cm³/mol. The van der Waals surface area contributed by atoms with Crippen LogP contribution in [0.5, 0.6) is 0 Å². The summed E-state index contributed by atoms with van der Waals surface area (Å²) in [4.78, 5) is 48.7. The van der Waals surface area contributed by atoms with Crippen LogP contribution in [0.2, 0.25) is 5.02 Å². The fourth-order valence-electron chi connectivity index (χ4n) is 3.86. The van der Waals surface area contributed by atoms with Gasteiger partial charge in [-0.25, -0.2) is 9.18 Å². The van der Waals surface area contributed by atoms with Crippen LogP contribution in [0.4, 0.5) is 15.8 Å². The van der Waals surface area contributed by atoms with Crippen LogP contribution in [0.1, 0.15) is 28.4 Å². The van der Waals surface area contributed by atoms with E-state index in [0.29, 0.717) is 16.9 Å². The Bertz CT molecular complexity index is 1640. The molecule has 12 nitrogen and oxygen atoms in total. The third-order valence-electron chi connectivity index (χ3n) is 5.85. The molecule has 214 valence electrons. The molecule has 0 aliphatic heterocycles. The molecule has 0 unspecified atom stereocenters. The van der Waals surface area contributed by atoms with Gasteiger partial charge in [0.05, 0.1) is 16.3 Å². The van der Waals surface area contributed by atoms with Crippen LogP contribution < -0.4 is 16.0 Å². The molecule has 0 bridgehead atoms. The minimum atomic E-state index is -1.12. The van der Waals surface area contributed by atoms with Crippen LogP contribution >= 0.6 is 11.6 Å². The largest absolute Gasteiger partial charge is 0.478 e. The molecule has 3 amide bonds. The highest BCUT2D eigenvalue weighted by atomic mass is 35.5. The first kappa shape index (κ1) is 29.6. The van der Waals surface area contributed by atoms with Gasteiger partial charge in [-0.15, -0.1) is 5.10 Å². The zero-order valence-electron chi connectivity index (χ0n) is 21.9. The third-order valence-corrected chi connectivity index (χ3v) is 6.15. The summed E-state index contributed by atoms with van der Waals surface area (Å²) in [6.07, 6.45) is 3.54. The van der Waals surface area contributed by atoms with Gasteiger partial charge in [-0.1, -0.05) is 23.7 Å². The Morgan fingerprint density at radius 2 is 1.67 bits per heavy atom. The molecule has 14 heteroatoms. The number of rotatable bonds is 10. The van der Waals surface area contributed by atoms with E-state index in [4.69, 9.17) is 16.7 Å². The number of aromatic carboxylic acids is 1. The Hall–Kier alpha value is -5.43. The number of nitrogens with zero attached hydrogens (tertiary/aromatic N) is 4. The average Bonchev–Trinajstić information content (AvgIpc) is 3.49. The van der Waals surface area contributed by atoms with Crippen LogP contribution in [0.15, 0.2) is 73.1 Å². The molecule has 0 fully saturated rings. The number of anilines is 2. The molecule has 4 rings (SSSR count). The molecule has 1 atom stereocenters. The van der Waals surface area contributed by atoms with Crippen molar-refractivity contribution >= 4 is 52.7 Å². The SMILES string of the molecule is CC(=O)Nc1ccc(C[C@H](NC(=O)/C=C/c2c(-n3cnnn3)ccc(Cl)c2F)C(=O)Nc2ccc(C(=O)O)cc2)cc1. The lowest BCUT2D eigenvalue weighted by atomic mass is 10.0. The van der Waals surface area contributed by atoms with Crippen molar-refractivity contribution in [2.24, 2.45) is 0 Å². The van der Waals surface area contributed by atoms with Gasteiger partial charge in [-0.2, -0.15) is 4.68 Å². The number of carbonyl (C=O) groups excluding carboxylic acids is 3. The molecule has 4 aromatic rings. The number of benzene rings is 3. The van der Waals surface area contributed by atoms with Gasteiger partial charge in [-0.05, 0) is 70.6 Å². The summed E-state index contributed by atoms with van der Waals surface area (Å²) in [6.45, 7) is 1.38. The van der Waals surface area contributed by atoms with Gasteiger partial charge in [0.25, 0.3) is 0 Å². The number of nitrogens with one attached hydrogen (secondary N) is 3. The van der Waals surface area contributed by atoms with E-state index in [1.54, 1.807) is 24.3 Å². The smallest absolute Gasteiger partial charge is 0.335 e. The first-order valence-electron chi connectivity index (χ1n) is 12.3. The first-order chi connectivity index (χ1) is 20.1. The Labute approximate surface area is 243 Å². The van der Waals surface area contributed by atoms with E-state index in [2.05, 4.69) is 31.5 Å². The number of carboxylic acids is 1. The highest BCUT2D eigenvalue weighted by molar-refractivity contribution is 6.31. The molecule has 3 aromatic carbocycles. The summed E-state index contributed by atoms with van der Waals surface area (Å²) in [5.41, 5.74) is 1.74. The maximum absolute atomic E-state index is 14.9. The van der Waals surface area contributed by atoms with Crippen LogP contribution in [0, 0.1) is 5.82 Å². The van der Waals surface area contributed by atoms with Gasteiger partial charge in [0.15, 0.2) is 5.82 Å². The fraction of sp³-hybridized carbons (Fsp3) is 0.107. The monoisotopic (exact) mass is 591 g/mol. The number of aromatic nitrogens is 4. The topological polar surface area (TPSA) is 168 Å². The minimum absolute atomic E-state index is 0.0385. The average molecular weight is 592 g/mol. The standard InChI is InChI=1S/C28H23ClFN7O5/c1-16(38)32-19-6-2-17(3-7-19)14-23(27(40)33-20-8-4-18(5-9-20)28(41)42)34-25(39)13-10-21-24(37-15-31-35-36-37)12-11-22(29)26(21)30/h2-13,15,23H,14H2,1H3,(H,32,38)(H,33,40)(H,34,39)(H,41,42)/b13-10+/t23-/m0/s1. The maximum Gasteiger partial charge on any atom is 0.335 e. The van der Waals surface area contributed by atoms with Gasteiger partial charge in [-0.3, -0.25) is 14.4 Å². The molecule has 0 radical (unpaired) electrons. The maximum atomic E-state index is 14.9. The first-order valence-corrected chi connectivity index (χ1v) is 12.7. The fourth-order valence-corrected chi connectivity index (χ4v) is 4.03. The molecule has 1 heterocycles. The molecule has 4 N–H and O–H groups in total. The molecule has 42 heavy (non-hydrogen) atoms. The van der Waals surface area contributed by atoms with Crippen LogP contribution in [0.3, 0.4) is 0 Å². The summed E-state index contributed by atoms with van der Waals surface area (Å²) in [5.74, 6) is -3.46. The van der Waals surface area contributed by atoms with Crippen molar-refractivity contribution in [3.63, 3.8) is 0 Å². The number of carbonyl (C=O) groups is 4. The number of halogens is 2. The summed E-state index contributed by atoms with van der Waals surface area (Å²) < 4.78 is 16.1. The lowest BCUT2D eigenvalue weighted by molar-refractivity contribution is -0.123. The molecule has 0 aliphatic rings. The Balaban J connectivity index is 1.56. The Morgan fingerprint density at radius 1 is 1.00 bits per heavy atom. The van der Waals surface area contributed by atoms with E-state index in [1.165, 1.54) is 60.4 Å². The van der Waals surface area contributed by atoms with E-state index in [1.807, 2.05) is 0 Å². The molecule has 0 saturated carbocycles. The van der Waals surface area contributed by atoms with Crippen molar-refractivity contribution < 1.29 is 28.7 Å². The summed E-state index contributed by atoms with van der Waals surface area (Å²) >= 11 is 5.94. The number of tetrazole rings is 1. The lowest BCUT2D eigenvalue weighted by Crippen LogP contribution is -2.44. The molecular formula is C28H23ClFN7O5. The number of amides is 3. The quantitative estimate of drug-likeness (QED) is 0.203. The normalized spacial score (nSPS) is 11.6. The van der Waals surface area contributed by atoms with E-state index < -0.39 is 29.6 Å². The summed E-state index contributed by atoms with van der Waals surface area (Å²) in [7, 11) is 0. The number of hydrogen-bond acceptors (Lipinski definition) is 7. The summed E-state index contributed by atoms with van der Waals surface area (Å²) in [6, 6.07) is 13.9. The van der Waals surface area contributed by atoms with Crippen molar-refractivity contribution in [3.05, 3.63) is 101 Å². The molecular weight excluding hydrogens is 569 g/mol. The van der Waals surface area contributed by atoms with Crippen LogP contribution in [0.25, 0.3) is 11.8 Å². The third kappa shape index (κ3) is 7.61. The second-order valence-corrected chi connectivity index (χ2v) is 9.30. The van der Waals surface area contributed by atoms with Gasteiger partial charge < -0.3 is 21.1 Å².